The van der Waals surface area contributed by atoms with Gasteiger partial charge in [0.05, 0.1) is 5.69 Å². The van der Waals surface area contributed by atoms with Gasteiger partial charge in [0.25, 0.3) is 0 Å². The Hall–Kier alpha value is -0.870. The molecule has 4 heteroatoms. The van der Waals surface area contributed by atoms with E-state index in [1.807, 2.05) is 17.9 Å². The Balaban J connectivity index is 2.20. The molecule has 1 saturated heterocycles. The highest BCUT2D eigenvalue weighted by molar-refractivity contribution is 5.21. The molecule has 1 aromatic rings. The molecular formula is C10H17N3O. The van der Waals surface area contributed by atoms with E-state index >= 15 is 0 Å². The van der Waals surface area contributed by atoms with Crippen molar-refractivity contribution in [1.29, 1.82) is 0 Å². The van der Waals surface area contributed by atoms with E-state index < -0.39 is 0 Å². The summed E-state index contributed by atoms with van der Waals surface area (Å²) in [7, 11) is 1.95. The summed E-state index contributed by atoms with van der Waals surface area (Å²) in [4.78, 5) is 0. The highest BCUT2D eigenvalue weighted by Crippen LogP contribution is 2.27. The van der Waals surface area contributed by atoms with Crippen LogP contribution in [-0.4, -0.2) is 23.0 Å². The van der Waals surface area contributed by atoms with Gasteiger partial charge in [0, 0.05) is 44.5 Å². The largest absolute Gasteiger partial charge is 0.381 e. The predicted molar refractivity (Wildman–Crippen MR) is 53.9 cm³/mol. The molecule has 2 rings (SSSR count). The fraction of sp³-hybridized carbons (Fsp3) is 0.700. The van der Waals surface area contributed by atoms with Crippen LogP contribution in [0, 0.1) is 0 Å². The van der Waals surface area contributed by atoms with E-state index in [-0.39, 0.29) is 0 Å². The van der Waals surface area contributed by atoms with Crippen LogP contribution in [0.5, 0.6) is 0 Å². The zero-order valence-corrected chi connectivity index (χ0v) is 8.57. The molecule has 0 bridgehead atoms. The molecule has 14 heavy (non-hydrogen) atoms. The summed E-state index contributed by atoms with van der Waals surface area (Å²) in [5, 5.41) is 4.49. The number of ether oxygens (including phenoxy) is 1. The standard InChI is InChI=1S/C10H17N3O/c1-13-7-9(6-11)10(12-13)8-2-4-14-5-3-8/h7-8H,2-6,11H2,1H3. The van der Waals surface area contributed by atoms with Crippen LogP contribution in [0.4, 0.5) is 0 Å². The van der Waals surface area contributed by atoms with E-state index in [1.165, 1.54) is 11.3 Å². The quantitative estimate of drug-likeness (QED) is 0.758. The Kier molecular flexibility index (Phi) is 2.84. The Labute approximate surface area is 84.0 Å². The average Bonchev–Trinajstić information content (AvgIpc) is 2.61. The van der Waals surface area contributed by atoms with Crippen molar-refractivity contribution in [3.63, 3.8) is 0 Å². The molecule has 2 N–H and O–H groups in total. The summed E-state index contributed by atoms with van der Waals surface area (Å²) in [5.41, 5.74) is 8.05. The molecule has 0 radical (unpaired) electrons. The van der Waals surface area contributed by atoms with Crippen molar-refractivity contribution in [3.05, 3.63) is 17.5 Å². The maximum Gasteiger partial charge on any atom is 0.0701 e. The second-order valence-electron chi connectivity index (χ2n) is 3.80. The van der Waals surface area contributed by atoms with Gasteiger partial charge in [-0.2, -0.15) is 5.10 Å². The number of hydrogen-bond donors (Lipinski definition) is 1. The van der Waals surface area contributed by atoms with Gasteiger partial charge in [0.15, 0.2) is 0 Å². The summed E-state index contributed by atoms with van der Waals surface area (Å²) < 4.78 is 7.19. The van der Waals surface area contributed by atoms with Crippen molar-refractivity contribution in [3.8, 4) is 0 Å². The third-order valence-corrected chi connectivity index (χ3v) is 2.77. The first-order chi connectivity index (χ1) is 6.81. The lowest BCUT2D eigenvalue weighted by Crippen LogP contribution is -2.16. The fourth-order valence-electron chi connectivity index (χ4n) is 2.03. The van der Waals surface area contributed by atoms with Crippen molar-refractivity contribution in [2.24, 2.45) is 12.8 Å². The van der Waals surface area contributed by atoms with E-state index in [9.17, 15) is 0 Å². The van der Waals surface area contributed by atoms with E-state index in [1.54, 1.807) is 0 Å². The first-order valence-electron chi connectivity index (χ1n) is 5.11. The zero-order valence-electron chi connectivity index (χ0n) is 8.57. The lowest BCUT2D eigenvalue weighted by molar-refractivity contribution is 0.0842. The van der Waals surface area contributed by atoms with E-state index in [0.717, 1.165) is 26.1 Å². The Bertz CT molecular complexity index is 302. The number of aryl methyl sites for hydroxylation is 1. The molecule has 2 heterocycles. The molecule has 0 atom stereocenters. The molecule has 0 aromatic carbocycles. The van der Waals surface area contributed by atoms with Crippen LogP contribution in [0.15, 0.2) is 6.20 Å². The van der Waals surface area contributed by atoms with Crippen LogP contribution in [-0.2, 0) is 18.3 Å². The third kappa shape index (κ3) is 1.81. The van der Waals surface area contributed by atoms with Crippen LogP contribution in [0.2, 0.25) is 0 Å². The molecular weight excluding hydrogens is 178 g/mol. The molecule has 1 aromatic heterocycles. The summed E-state index contributed by atoms with van der Waals surface area (Å²) >= 11 is 0. The maximum atomic E-state index is 5.69. The SMILES string of the molecule is Cn1cc(CN)c(C2CCOCC2)n1. The molecule has 78 valence electrons. The maximum absolute atomic E-state index is 5.69. The Morgan fingerprint density at radius 1 is 1.57 bits per heavy atom. The van der Waals surface area contributed by atoms with E-state index in [0.29, 0.717) is 12.5 Å². The highest BCUT2D eigenvalue weighted by atomic mass is 16.5. The van der Waals surface area contributed by atoms with Crippen molar-refractivity contribution >= 4 is 0 Å². The van der Waals surface area contributed by atoms with Gasteiger partial charge in [-0.15, -0.1) is 0 Å². The number of aromatic nitrogens is 2. The fourth-order valence-corrected chi connectivity index (χ4v) is 2.03. The van der Waals surface area contributed by atoms with Crippen molar-refractivity contribution < 1.29 is 4.74 Å². The smallest absolute Gasteiger partial charge is 0.0701 e. The second-order valence-corrected chi connectivity index (χ2v) is 3.80. The van der Waals surface area contributed by atoms with Gasteiger partial charge in [-0.25, -0.2) is 0 Å². The number of nitrogens with two attached hydrogens (primary N) is 1. The molecule has 4 nitrogen and oxygen atoms in total. The molecule has 0 unspecified atom stereocenters. The Morgan fingerprint density at radius 3 is 2.93 bits per heavy atom. The minimum absolute atomic E-state index is 0.545. The normalized spacial score (nSPS) is 18.7. The molecule has 0 aliphatic carbocycles. The second kappa shape index (κ2) is 4.11. The van der Waals surface area contributed by atoms with Crippen molar-refractivity contribution in [1.82, 2.24) is 9.78 Å². The summed E-state index contributed by atoms with van der Waals surface area (Å²) in [6.45, 7) is 2.29. The van der Waals surface area contributed by atoms with Crippen LogP contribution in [0.3, 0.4) is 0 Å². The number of rotatable bonds is 2. The van der Waals surface area contributed by atoms with E-state index in [4.69, 9.17) is 10.5 Å². The topological polar surface area (TPSA) is 53.1 Å². The van der Waals surface area contributed by atoms with E-state index in [2.05, 4.69) is 5.10 Å². The minimum atomic E-state index is 0.545. The van der Waals surface area contributed by atoms with Gasteiger partial charge in [0.2, 0.25) is 0 Å². The van der Waals surface area contributed by atoms with Crippen molar-refractivity contribution in [2.75, 3.05) is 13.2 Å². The molecule has 0 saturated carbocycles. The molecule has 1 aliphatic heterocycles. The van der Waals surface area contributed by atoms with Crippen LogP contribution in [0.1, 0.15) is 30.0 Å². The summed E-state index contributed by atoms with van der Waals surface area (Å²) in [6.07, 6.45) is 4.17. The van der Waals surface area contributed by atoms with Gasteiger partial charge >= 0.3 is 0 Å². The lowest BCUT2D eigenvalue weighted by Gasteiger charge is -2.21. The number of nitrogens with zero attached hydrogens (tertiary/aromatic N) is 2. The summed E-state index contributed by atoms with van der Waals surface area (Å²) in [5.74, 6) is 0.545. The number of hydrogen-bond acceptors (Lipinski definition) is 3. The lowest BCUT2D eigenvalue weighted by atomic mass is 9.94. The Morgan fingerprint density at radius 2 is 2.29 bits per heavy atom. The van der Waals surface area contributed by atoms with Crippen LogP contribution >= 0.6 is 0 Å². The first kappa shape index (κ1) is 9.68. The van der Waals surface area contributed by atoms with Gasteiger partial charge in [-0.1, -0.05) is 0 Å². The third-order valence-electron chi connectivity index (χ3n) is 2.77. The summed E-state index contributed by atoms with van der Waals surface area (Å²) in [6, 6.07) is 0. The molecule has 1 aliphatic rings. The minimum Gasteiger partial charge on any atom is -0.381 e. The zero-order chi connectivity index (χ0) is 9.97. The van der Waals surface area contributed by atoms with Crippen LogP contribution < -0.4 is 5.73 Å². The first-order valence-corrected chi connectivity index (χ1v) is 5.11. The van der Waals surface area contributed by atoms with Gasteiger partial charge < -0.3 is 10.5 Å². The van der Waals surface area contributed by atoms with Gasteiger partial charge in [0.1, 0.15) is 0 Å². The predicted octanol–water partition coefficient (Wildman–Crippen LogP) is 0.773. The van der Waals surface area contributed by atoms with Gasteiger partial charge in [-0.05, 0) is 12.8 Å². The molecule has 1 fully saturated rings. The van der Waals surface area contributed by atoms with Crippen molar-refractivity contribution in [2.45, 2.75) is 25.3 Å². The van der Waals surface area contributed by atoms with Crippen LogP contribution in [0.25, 0.3) is 0 Å². The van der Waals surface area contributed by atoms with Gasteiger partial charge in [-0.3, -0.25) is 4.68 Å². The average molecular weight is 195 g/mol. The highest BCUT2D eigenvalue weighted by Gasteiger charge is 2.21. The molecule has 0 amide bonds. The monoisotopic (exact) mass is 195 g/mol. The molecule has 0 spiro atoms.